The summed E-state index contributed by atoms with van der Waals surface area (Å²) in [4.78, 5) is 33.5. The van der Waals surface area contributed by atoms with Crippen molar-refractivity contribution in [2.75, 3.05) is 36.4 Å². The van der Waals surface area contributed by atoms with Crippen LogP contribution in [0.15, 0.2) is 60.0 Å². The van der Waals surface area contributed by atoms with Crippen molar-refractivity contribution in [3.8, 4) is 0 Å². The molecule has 0 aliphatic carbocycles. The minimum absolute atomic E-state index is 0.0459. The molecule has 0 radical (unpaired) electrons. The minimum atomic E-state index is -0.251. The summed E-state index contributed by atoms with van der Waals surface area (Å²) >= 11 is 7.48. The number of aryl methyl sites for hydroxylation is 1. The van der Waals surface area contributed by atoms with Gasteiger partial charge in [0.2, 0.25) is 11.8 Å². The van der Waals surface area contributed by atoms with Gasteiger partial charge in [-0.1, -0.05) is 48.0 Å². The summed E-state index contributed by atoms with van der Waals surface area (Å²) < 4.78 is 0. The average Bonchev–Trinajstić information content (AvgIpc) is 3.26. The lowest BCUT2D eigenvalue weighted by molar-refractivity contribution is -0.130. The summed E-state index contributed by atoms with van der Waals surface area (Å²) in [6.07, 6.45) is 3.45. The molecular weight excluding hydrogens is 456 g/mol. The summed E-state index contributed by atoms with van der Waals surface area (Å²) in [5.74, 6) is -0.205. The number of rotatable bonds is 6. The van der Waals surface area contributed by atoms with Crippen molar-refractivity contribution in [1.82, 2.24) is 9.88 Å². The maximum atomic E-state index is 12.8. The summed E-state index contributed by atoms with van der Waals surface area (Å²) in [5, 5.41) is 5.78. The van der Waals surface area contributed by atoms with Crippen molar-refractivity contribution in [1.29, 1.82) is 0 Å². The van der Waals surface area contributed by atoms with Gasteiger partial charge in [-0.2, -0.15) is 0 Å². The molecule has 170 valence electrons. The Morgan fingerprint density at radius 1 is 1.12 bits per heavy atom. The number of carbonyl (C=O) groups is 2. The fraction of sp³-hybridized carbons (Fsp3) is 0.240. The summed E-state index contributed by atoms with van der Waals surface area (Å²) in [7, 11) is 0. The number of halogens is 1. The Morgan fingerprint density at radius 3 is 2.64 bits per heavy atom. The molecule has 0 spiro atoms. The van der Waals surface area contributed by atoms with Crippen molar-refractivity contribution in [2.45, 2.75) is 13.3 Å². The number of hydrogen-bond donors (Lipinski definition) is 1. The van der Waals surface area contributed by atoms with Crippen molar-refractivity contribution >= 4 is 51.6 Å². The first-order valence-corrected chi connectivity index (χ1v) is 12.0. The number of thiazole rings is 1. The third kappa shape index (κ3) is 6.21. The van der Waals surface area contributed by atoms with Crippen LogP contribution in [0.5, 0.6) is 0 Å². The summed E-state index contributed by atoms with van der Waals surface area (Å²) in [5.41, 5.74) is 3.91. The Morgan fingerprint density at radius 2 is 1.88 bits per heavy atom. The maximum Gasteiger partial charge on any atom is 0.250 e. The van der Waals surface area contributed by atoms with E-state index in [9.17, 15) is 9.59 Å². The van der Waals surface area contributed by atoms with Crippen molar-refractivity contribution in [3.05, 3.63) is 81.8 Å². The molecule has 2 heterocycles. The van der Waals surface area contributed by atoms with E-state index >= 15 is 0 Å². The first-order valence-electron chi connectivity index (χ1n) is 10.8. The van der Waals surface area contributed by atoms with Gasteiger partial charge >= 0.3 is 0 Å². The van der Waals surface area contributed by atoms with E-state index in [2.05, 4.69) is 22.1 Å². The van der Waals surface area contributed by atoms with Crippen LogP contribution in [-0.4, -0.2) is 47.9 Å². The molecule has 1 aliphatic heterocycles. The molecule has 0 saturated carbocycles. The lowest BCUT2D eigenvalue weighted by Gasteiger charge is -2.36. The molecular formula is C25H25ClN4O2S. The molecule has 2 amide bonds. The van der Waals surface area contributed by atoms with Gasteiger partial charge in [0.25, 0.3) is 0 Å². The minimum Gasteiger partial charge on any atom is -0.368 e. The fourth-order valence-corrected chi connectivity index (χ4v) is 4.59. The predicted molar refractivity (Wildman–Crippen MR) is 135 cm³/mol. The molecule has 33 heavy (non-hydrogen) atoms. The first kappa shape index (κ1) is 23.0. The third-order valence-corrected chi connectivity index (χ3v) is 6.53. The molecule has 1 fully saturated rings. The number of aromatic nitrogens is 1. The van der Waals surface area contributed by atoms with Gasteiger partial charge in [0.1, 0.15) is 0 Å². The van der Waals surface area contributed by atoms with Gasteiger partial charge in [-0.05, 0) is 36.3 Å². The number of anilines is 2. The van der Waals surface area contributed by atoms with Crippen molar-refractivity contribution in [2.24, 2.45) is 0 Å². The number of piperazine rings is 1. The van der Waals surface area contributed by atoms with Gasteiger partial charge in [0.05, 0.1) is 12.1 Å². The zero-order chi connectivity index (χ0) is 23.2. The number of carbonyl (C=O) groups excluding carboxylic acids is 2. The van der Waals surface area contributed by atoms with E-state index in [1.54, 1.807) is 6.08 Å². The largest absolute Gasteiger partial charge is 0.368 e. The normalized spacial score (nSPS) is 14.0. The van der Waals surface area contributed by atoms with Gasteiger partial charge in [0.15, 0.2) is 5.13 Å². The van der Waals surface area contributed by atoms with Crippen LogP contribution >= 0.6 is 22.9 Å². The molecule has 1 N–H and O–H groups in total. The van der Waals surface area contributed by atoms with Gasteiger partial charge in [-0.25, -0.2) is 4.98 Å². The van der Waals surface area contributed by atoms with Crippen LogP contribution in [0, 0.1) is 6.92 Å². The monoisotopic (exact) mass is 480 g/mol. The van der Waals surface area contributed by atoms with Crippen LogP contribution in [0.25, 0.3) is 6.08 Å². The Kier molecular flexibility index (Phi) is 7.42. The fourth-order valence-electron chi connectivity index (χ4n) is 3.72. The van der Waals surface area contributed by atoms with E-state index in [-0.39, 0.29) is 18.2 Å². The Hall–Kier alpha value is -3.16. The topological polar surface area (TPSA) is 65.5 Å². The molecule has 8 heteroatoms. The van der Waals surface area contributed by atoms with Gasteiger partial charge in [-0.3, -0.25) is 14.9 Å². The highest BCUT2D eigenvalue weighted by Gasteiger charge is 2.23. The van der Waals surface area contributed by atoms with E-state index in [0.29, 0.717) is 23.9 Å². The molecule has 6 nitrogen and oxygen atoms in total. The molecule has 1 aromatic heterocycles. The summed E-state index contributed by atoms with van der Waals surface area (Å²) in [6.45, 7) is 4.91. The highest BCUT2D eigenvalue weighted by atomic mass is 35.5. The molecule has 0 bridgehead atoms. The Bertz CT molecular complexity index is 1150. The Labute approximate surface area is 202 Å². The number of nitrogens with zero attached hydrogens (tertiary/aromatic N) is 3. The molecule has 1 saturated heterocycles. The number of nitrogens with one attached hydrogen (secondary N) is 1. The smallest absolute Gasteiger partial charge is 0.250 e. The lowest BCUT2D eigenvalue weighted by atomic mass is 10.1. The second-order valence-electron chi connectivity index (χ2n) is 7.85. The predicted octanol–water partition coefficient (Wildman–Crippen LogP) is 4.65. The maximum absolute atomic E-state index is 12.8. The molecule has 4 rings (SSSR count). The molecule has 1 aliphatic rings. The highest BCUT2D eigenvalue weighted by Crippen LogP contribution is 2.25. The van der Waals surface area contributed by atoms with Crippen LogP contribution in [0.3, 0.4) is 0 Å². The van der Waals surface area contributed by atoms with E-state index < -0.39 is 0 Å². The third-order valence-electron chi connectivity index (χ3n) is 5.49. The standard InChI is InChI=1S/C25H25ClN4O2S/c1-18-7-9-20(26)15-22(18)29-11-13-30(14-12-29)24(32)16-21-17-33-25(27-21)28-23(31)10-8-19-5-3-2-4-6-19/h2-10,15,17H,11-14,16H2,1H3,(H,27,28,31)/b10-8+. The van der Waals surface area contributed by atoms with Crippen LogP contribution in [-0.2, 0) is 16.0 Å². The highest BCUT2D eigenvalue weighted by molar-refractivity contribution is 7.14. The second kappa shape index (κ2) is 10.6. The van der Waals surface area contributed by atoms with E-state index in [4.69, 9.17) is 11.6 Å². The lowest BCUT2D eigenvalue weighted by Crippen LogP contribution is -2.49. The van der Waals surface area contributed by atoms with E-state index in [1.165, 1.54) is 23.0 Å². The Balaban J connectivity index is 1.27. The molecule has 0 unspecified atom stereocenters. The number of amides is 2. The SMILES string of the molecule is Cc1ccc(Cl)cc1N1CCN(C(=O)Cc2csc(NC(=O)/C=C/c3ccccc3)n2)CC1. The molecule has 2 aromatic carbocycles. The van der Waals surface area contributed by atoms with Crippen LogP contribution in [0.2, 0.25) is 5.02 Å². The van der Waals surface area contributed by atoms with Crippen molar-refractivity contribution in [3.63, 3.8) is 0 Å². The van der Waals surface area contributed by atoms with Gasteiger partial charge in [0, 0.05) is 48.3 Å². The zero-order valence-electron chi connectivity index (χ0n) is 18.3. The quantitative estimate of drug-likeness (QED) is 0.521. The summed E-state index contributed by atoms with van der Waals surface area (Å²) in [6, 6.07) is 15.5. The number of benzene rings is 2. The molecule has 0 atom stereocenters. The van der Waals surface area contributed by atoms with Crippen molar-refractivity contribution < 1.29 is 9.59 Å². The van der Waals surface area contributed by atoms with Crippen LogP contribution < -0.4 is 10.2 Å². The number of hydrogen-bond acceptors (Lipinski definition) is 5. The second-order valence-corrected chi connectivity index (χ2v) is 9.15. The molecule has 3 aromatic rings. The van der Waals surface area contributed by atoms with Gasteiger partial charge < -0.3 is 9.80 Å². The van der Waals surface area contributed by atoms with E-state index in [0.717, 1.165) is 29.4 Å². The van der Waals surface area contributed by atoms with E-state index in [1.807, 2.05) is 58.8 Å². The van der Waals surface area contributed by atoms with Gasteiger partial charge in [-0.15, -0.1) is 11.3 Å². The first-order chi connectivity index (χ1) is 16.0. The van der Waals surface area contributed by atoms with Crippen LogP contribution in [0.1, 0.15) is 16.8 Å². The average molecular weight is 481 g/mol. The zero-order valence-corrected chi connectivity index (χ0v) is 19.9. The van der Waals surface area contributed by atoms with Crippen LogP contribution in [0.4, 0.5) is 10.8 Å².